The van der Waals surface area contributed by atoms with Crippen molar-refractivity contribution >= 4 is 34.3 Å². The summed E-state index contributed by atoms with van der Waals surface area (Å²) in [6, 6.07) is 3.50. The molecule has 0 aliphatic heterocycles. The number of aromatic nitrogens is 1. The van der Waals surface area contributed by atoms with Gasteiger partial charge in [0, 0.05) is 5.02 Å². The fourth-order valence-corrected chi connectivity index (χ4v) is 2.15. The van der Waals surface area contributed by atoms with Crippen LogP contribution in [0.3, 0.4) is 0 Å². The van der Waals surface area contributed by atoms with Gasteiger partial charge in [0.25, 0.3) is 0 Å². The second-order valence-electron chi connectivity index (χ2n) is 3.54. The van der Waals surface area contributed by atoms with Crippen LogP contribution in [0.15, 0.2) is 16.5 Å². The SMILES string of the molecule is CCC(NC)c1nc2cc(Cl)cc(Cl)c2o1. The molecule has 0 bridgehead atoms. The van der Waals surface area contributed by atoms with Crippen LogP contribution in [0.4, 0.5) is 0 Å². The average molecular weight is 259 g/mol. The lowest BCUT2D eigenvalue weighted by Crippen LogP contribution is -2.15. The van der Waals surface area contributed by atoms with Crippen molar-refractivity contribution in [3.8, 4) is 0 Å². The topological polar surface area (TPSA) is 38.1 Å². The Balaban J connectivity index is 2.55. The van der Waals surface area contributed by atoms with Gasteiger partial charge in [-0.3, -0.25) is 0 Å². The molecule has 1 aromatic carbocycles. The molecule has 1 heterocycles. The van der Waals surface area contributed by atoms with Gasteiger partial charge < -0.3 is 9.73 Å². The molecule has 1 atom stereocenters. The summed E-state index contributed by atoms with van der Waals surface area (Å²) in [5, 5.41) is 4.19. The van der Waals surface area contributed by atoms with E-state index in [1.165, 1.54) is 0 Å². The molecule has 16 heavy (non-hydrogen) atoms. The standard InChI is InChI=1S/C11H12Cl2N2O/c1-3-8(14-2)11-15-9-5-6(12)4-7(13)10(9)16-11/h4-5,8,14H,3H2,1-2H3. The van der Waals surface area contributed by atoms with Crippen LogP contribution in [0.5, 0.6) is 0 Å². The Labute approximate surface area is 104 Å². The summed E-state index contributed by atoms with van der Waals surface area (Å²) < 4.78 is 5.63. The molecule has 86 valence electrons. The summed E-state index contributed by atoms with van der Waals surface area (Å²) >= 11 is 11.9. The van der Waals surface area contributed by atoms with Crippen molar-refractivity contribution < 1.29 is 4.42 Å². The first-order valence-corrected chi connectivity index (χ1v) is 5.84. The normalized spacial score (nSPS) is 13.2. The van der Waals surface area contributed by atoms with Crippen LogP contribution in [-0.2, 0) is 0 Å². The number of nitrogens with zero attached hydrogens (tertiary/aromatic N) is 1. The summed E-state index contributed by atoms with van der Waals surface area (Å²) in [5.74, 6) is 0.643. The van der Waals surface area contributed by atoms with Gasteiger partial charge >= 0.3 is 0 Å². The van der Waals surface area contributed by atoms with Gasteiger partial charge in [0.2, 0.25) is 5.89 Å². The molecule has 1 unspecified atom stereocenters. The quantitative estimate of drug-likeness (QED) is 0.910. The second kappa shape index (κ2) is 4.62. The highest BCUT2D eigenvalue weighted by Crippen LogP contribution is 2.30. The molecule has 0 amide bonds. The molecule has 0 saturated carbocycles. The number of rotatable bonds is 3. The van der Waals surface area contributed by atoms with Crippen LogP contribution >= 0.6 is 23.2 Å². The molecule has 0 spiro atoms. The van der Waals surface area contributed by atoms with E-state index in [0.29, 0.717) is 27.0 Å². The number of nitrogens with one attached hydrogen (secondary N) is 1. The molecule has 1 N–H and O–H groups in total. The molecule has 0 radical (unpaired) electrons. The van der Waals surface area contributed by atoms with E-state index in [-0.39, 0.29) is 6.04 Å². The fourth-order valence-electron chi connectivity index (χ4n) is 1.63. The van der Waals surface area contributed by atoms with E-state index in [2.05, 4.69) is 17.2 Å². The summed E-state index contributed by atoms with van der Waals surface area (Å²) in [6.45, 7) is 2.06. The molecule has 1 aromatic heterocycles. The van der Waals surface area contributed by atoms with Gasteiger partial charge in [-0.15, -0.1) is 0 Å². The van der Waals surface area contributed by atoms with Crippen LogP contribution in [0.25, 0.3) is 11.1 Å². The Kier molecular flexibility index (Phi) is 3.38. The Bertz CT molecular complexity index is 506. The van der Waals surface area contributed by atoms with Crippen LogP contribution < -0.4 is 5.32 Å². The van der Waals surface area contributed by atoms with E-state index in [9.17, 15) is 0 Å². The maximum Gasteiger partial charge on any atom is 0.212 e. The predicted octanol–water partition coefficient (Wildman–Crippen LogP) is 3.81. The third-order valence-electron chi connectivity index (χ3n) is 2.48. The van der Waals surface area contributed by atoms with Crippen molar-refractivity contribution in [1.29, 1.82) is 0 Å². The van der Waals surface area contributed by atoms with Crippen molar-refractivity contribution in [1.82, 2.24) is 10.3 Å². The Morgan fingerprint density at radius 2 is 2.19 bits per heavy atom. The van der Waals surface area contributed by atoms with Crippen LogP contribution in [0.1, 0.15) is 25.3 Å². The smallest absolute Gasteiger partial charge is 0.212 e. The number of fused-ring (bicyclic) bond motifs is 1. The predicted molar refractivity (Wildman–Crippen MR) is 66.1 cm³/mol. The maximum absolute atomic E-state index is 6.03. The lowest BCUT2D eigenvalue weighted by molar-refractivity contribution is 0.427. The summed E-state index contributed by atoms with van der Waals surface area (Å²) in [4.78, 5) is 4.38. The van der Waals surface area contributed by atoms with Gasteiger partial charge in [-0.2, -0.15) is 0 Å². The molecular weight excluding hydrogens is 247 g/mol. The molecule has 2 aromatic rings. The maximum atomic E-state index is 6.03. The minimum Gasteiger partial charge on any atom is -0.437 e. The van der Waals surface area contributed by atoms with Crippen LogP contribution in [0.2, 0.25) is 10.0 Å². The average Bonchev–Trinajstić information content (AvgIpc) is 2.63. The molecule has 0 aliphatic rings. The number of halogens is 2. The summed E-state index contributed by atoms with van der Waals surface area (Å²) in [6.07, 6.45) is 0.897. The van der Waals surface area contributed by atoms with E-state index < -0.39 is 0 Å². The van der Waals surface area contributed by atoms with Crippen molar-refractivity contribution in [3.05, 3.63) is 28.1 Å². The minimum atomic E-state index is 0.0993. The van der Waals surface area contributed by atoms with Gasteiger partial charge in [-0.25, -0.2) is 4.98 Å². The third-order valence-corrected chi connectivity index (χ3v) is 2.98. The zero-order chi connectivity index (χ0) is 11.7. The van der Waals surface area contributed by atoms with Gasteiger partial charge in [0.15, 0.2) is 5.58 Å². The van der Waals surface area contributed by atoms with E-state index >= 15 is 0 Å². The van der Waals surface area contributed by atoms with Gasteiger partial charge in [0.05, 0.1) is 11.1 Å². The molecule has 0 aliphatic carbocycles. The Morgan fingerprint density at radius 3 is 2.81 bits per heavy atom. The van der Waals surface area contributed by atoms with Gasteiger partial charge in [-0.1, -0.05) is 30.1 Å². The van der Waals surface area contributed by atoms with Crippen molar-refractivity contribution in [3.63, 3.8) is 0 Å². The van der Waals surface area contributed by atoms with E-state index in [1.54, 1.807) is 12.1 Å². The summed E-state index contributed by atoms with van der Waals surface area (Å²) in [7, 11) is 1.87. The Morgan fingerprint density at radius 1 is 1.44 bits per heavy atom. The number of oxazole rings is 1. The molecule has 0 saturated heterocycles. The highest BCUT2D eigenvalue weighted by molar-refractivity contribution is 6.37. The largest absolute Gasteiger partial charge is 0.437 e. The first kappa shape index (κ1) is 11.7. The Hall–Kier alpha value is -0.770. The molecule has 2 rings (SSSR count). The number of hydrogen-bond donors (Lipinski definition) is 1. The highest BCUT2D eigenvalue weighted by atomic mass is 35.5. The van der Waals surface area contributed by atoms with Gasteiger partial charge in [-0.05, 0) is 25.6 Å². The molecule has 3 nitrogen and oxygen atoms in total. The van der Waals surface area contributed by atoms with E-state index in [4.69, 9.17) is 27.6 Å². The zero-order valence-corrected chi connectivity index (χ0v) is 10.6. The lowest BCUT2D eigenvalue weighted by Gasteiger charge is -2.07. The van der Waals surface area contributed by atoms with Crippen molar-refractivity contribution in [2.24, 2.45) is 0 Å². The first-order chi connectivity index (χ1) is 7.65. The summed E-state index contributed by atoms with van der Waals surface area (Å²) in [5.41, 5.74) is 1.29. The van der Waals surface area contributed by atoms with Crippen LogP contribution in [-0.4, -0.2) is 12.0 Å². The molecule has 0 fully saturated rings. The minimum absolute atomic E-state index is 0.0993. The molecular formula is C11H12Cl2N2O. The number of hydrogen-bond acceptors (Lipinski definition) is 3. The third kappa shape index (κ3) is 2.03. The zero-order valence-electron chi connectivity index (χ0n) is 9.05. The van der Waals surface area contributed by atoms with Crippen LogP contribution in [0, 0.1) is 0 Å². The monoisotopic (exact) mass is 258 g/mol. The molecule has 5 heteroatoms. The van der Waals surface area contributed by atoms with E-state index in [1.807, 2.05) is 7.05 Å². The first-order valence-electron chi connectivity index (χ1n) is 5.08. The second-order valence-corrected chi connectivity index (χ2v) is 4.38. The van der Waals surface area contributed by atoms with Crippen molar-refractivity contribution in [2.75, 3.05) is 7.05 Å². The van der Waals surface area contributed by atoms with Gasteiger partial charge in [0.1, 0.15) is 5.52 Å². The van der Waals surface area contributed by atoms with E-state index in [0.717, 1.165) is 6.42 Å². The fraction of sp³-hybridized carbons (Fsp3) is 0.364. The lowest BCUT2D eigenvalue weighted by atomic mass is 10.2. The number of benzene rings is 1. The van der Waals surface area contributed by atoms with Crippen molar-refractivity contribution in [2.45, 2.75) is 19.4 Å². The highest BCUT2D eigenvalue weighted by Gasteiger charge is 2.16.